The topological polar surface area (TPSA) is 64.4 Å². The molecule has 2 aromatic heterocycles. The van der Waals surface area contributed by atoms with E-state index in [1.165, 1.54) is 0 Å². The normalized spacial score (nSPS) is 13.4. The smallest absolute Gasteiger partial charge is 0.262 e. The zero-order valence-corrected chi connectivity index (χ0v) is 12.6. The summed E-state index contributed by atoms with van der Waals surface area (Å²) >= 11 is 1.62. The van der Waals surface area contributed by atoms with Gasteiger partial charge in [0.05, 0.1) is 17.6 Å². The van der Waals surface area contributed by atoms with Crippen LogP contribution in [0.4, 0.5) is 5.69 Å². The summed E-state index contributed by atoms with van der Waals surface area (Å²) in [6, 6.07) is 7.61. The van der Waals surface area contributed by atoms with Crippen molar-refractivity contribution in [2.75, 3.05) is 11.9 Å². The number of nitrogens with one attached hydrogen (secondary N) is 1. The molecule has 1 aliphatic heterocycles. The van der Waals surface area contributed by atoms with Crippen LogP contribution in [0, 0.1) is 6.92 Å². The molecule has 0 radical (unpaired) electrons. The quantitative estimate of drug-likeness (QED) is 0.783. The van der Waals surface area contributed by atoms with Crippen LogP contribution in [0.25, 0.3) is 21.8 Å². The maximum Gasteiger partial charge on any atom is 0.262 e. The molecule has 4 rings (SSSR count). The molecule has 0 saturated heterocycles. The van der Waals surface area contributed by atoms with E-state index in [-0.39, 0.29) is 12.5 Å². The van der Waals surface area contributed by atoms with Gasteiger partial charge in [-0.1, -0.05) is 0 Å². The van der Waals surface area contributed by atoms with Gasteiger partial charge in [-0.3, -0.25) is 4.79 Å². The number of furan rings is 1. The third-order valence-electron chi connectivity index (χ3n) is 3.45. The number of hydrogen-bond acceptors (Lipinski definition) is 5. The summed E-state index contributed by atoms with van der Waals surface area (Å²) in [5.41, 5.74) is 3.51. The van der Waals surface area contributed by atoms with E-state index in [0.717, 1.165) is 26.7 Å². The van der Waals surface area contributed by atoms with Gasteiger partial charge in [0.1, 0.15) is 17.0 Å². The molecule has 1 amide bonds. The third kappa shape index (κ3) is 2.17. The number of aryl methyl sites for hydroxylation is 1. The lowest BCUT2D eigenvalue weighted by atomic mass is 10.1. The highest BCUT2D eigenvalue weighted by atomic mass is 32.1. The van der Waals surface area contributed by atoms with E-state index in [0.29, 0.717) is 11.4 Å². The number of benzene rings is 1. The number of amides is 1. The molecule has 1 N–H and O–H groups in total. The van der Waals surface area contributed by atoms with Crippen molar-refractivity contribution in [3.8, 4) is 27.6 Å². The molecule has 0 spiro atoms. The molecule has 110 valence electrons. The molecule has 0 atom stereocenters. The predicted octanol–water partition coefficient (Wildman–Crippen LogP) is 3.71. The summed E-state index contributed by atoms with van der Waals surface area (Å²) in [6.45, 7) is 2.10. The van der Waals surface area contributed by atoms with Crippen LogP contribution in [0.1, 0.15) is 4.88 Å². The molecule has 6 heteroatoms. The second-order valence-electron chi connectivity index (χ2n) is 4.98. The van der Waals surface area contributed by atoms with Crippen molar-refractivity contribution in [2.24, 2.45) is 0 Å². The number of fused-ring (bicyclic) bond motifs is 1. The Labute approximate surface area is 130 Å². The molecule has 1 aliphatic rings. The van der Waals surface area contributed by atoms with Gasteiger partial charge in [-0.15, -0.1) is 11.3 Å². The van der Waals surface area contributed by atoms with Gasteiger partial charge in [-0.05, 0) is 31.2 Å². The average molecular weight is 312 g/mol. The first-order valence-corrected chi connectivity index (χ1v) is 7.59. The van der Waals surface area contributed by atoms with Crippen molar-refractivity contribution in [2.45, 2.75) is 6.92 Å². The summed E-state index contributed by atoms with van der Waals surface area (Å²) < 4.78 is 10.5. The van der Waals surface area contributed by atoms with Crippen LogP contribution in [0.3, 0.4) is 0 Å². The molecule has 1 aromatic carbocycles. The number of hydrogen-bond donors (Lipinski definition) is 1. The van der Waals surface area contributed by atoms with Gasteiger partial charge >= 0.3 is 0 Å². The number of carbonyl (C=O) groups excluding carboxylic acids is 1. The van der Waals surface area contributed by atoms with Crippen LogP contribution in [0.15, 0.2) is 41.2 Å². The molecule has 5 nitrogen and oxygen atoms in total. The van der Waals surface area contributed by atoms with Crippen LogP contribution >= 0.6 is 11.3 Å². The van der Waals surface area contributed by atoms with Gasteiger partial charge in [0.25, 0.3) is 5.91 Å². The first-order valence-electron chi connectivity index (χ1n) is 6.78. The molecular formula is C16H12N2O3S. The minimum absolute atomic E-state index is 0.0622. The number of ether oxygens (including phenoxy) is 1. The summed E-state index contributed by atoms with van der Waals surface area (Å²) in [5.74, 6) is 0.546. The SMILES string of the molecule is Cc1sc(-c2ccoc2)nc1-c1ccc2c(c1)NC(=O)CO2. The fraction of sp³-hybridized carbons (Fsp3) is 0.125. The van der Waals surface area contributed by atoms with Crippen LogP contribution < -0.4 is 10.1 Å². The fourth-order valence-electron chi connectivity index (χ4n) is 2.40. The summed E-state index contributed by atoms with van der Waals surface area (Å²) in [5, 5.41) is 3.74. The minimum Gasteiger partial charge on any atom is -0.482 e. The molecule has 3 aromatic rings. The van der Waals surface area contributed by atoms with Gasteiger partial charge in [-0.25, -0.2) is 4.98 Å². The number of nitrogens with zero attached hydrogens (tertiary/aromatic N) is 1. The van der Waals surface area contributed by atoms with Crippen molar-refractivity contribution in [1.82, 2.24) is 4.98 Å². The number of anilines is 1. The lowest BCUT2D eigenvalue weighted by molar-refractivity contribution is -0.118. The Morgan fingerprint density at radius 3 is 3.00 bits per heavy atom. The van der Waals surface area contributed by atoms with E-state index < -0.39 is 0 Å². The second-order valence-corrected chi connectivity index (χ2v) is 6.19. The average Bonchev–Trinajstić information content (AvgIpc) is 3.15. The Hall–Kier alpha value is -2.60. The standard InChI is InChI=1S/C16H12N2O3S/c1-9-15(18-16(22-9)11-4-5-20-7-11)10-2-3-13-12(6-10)17-14(19)8-21-13/h2-7H,8H2,1H3,(H,17,19). The molecule has 0 fully saturated rings. The lowest BCUT2D eigenvalue weighted by Crippen LogP contribution is -2.25. The summed E-state index contributed by atoms with van der Waals surface area (Å²) in [7, 11) is 0. The van der Waals surface area contributed by atoms with Crippen molar-refractivity contribution < 1.29 is 13.9 Å². The molecule has 0 aliphatic carbocycles. The predicted molar refractivity (Wildman–Crippen MR) is 84.1 cm³/mol. The minimum atomic E-state index is -0.140. The number of carbonyl (C=O) groups is 1. The van der Waals surface area contributed by atoms with Gasteiger partial charge in [0, 0.05) is 16.0 Å². The number of thiazole rings is 1. The number of aromatic nitrogens is 1. The Balaban J connectivity index is 1.76. The first kappa shape index (κ1) is 13.1. The third-order valence-corrected chi connectivity index (χ3v) is 4.47. The molecule has 0 unspecified atom stereocenters. The number of rotatable bonds is 2. The largest absolute Gasteiger partial charge is 0.482 e. The van der Waals surface area contributed by atoms with Crippen molar-refractivity contribution in [3.05, 3.63) is 41.7 Å². The Morgan fingerprint density at radius 1 is 1.27 bits per heavy atom. The van der Waals surface area contributed by atoms with Crippen LogP contribution in [-0.4, -0.2) is 17.5 Å². The van der Waals surface area contributed by atoms with Crippen LogP contribution in [-0.2, 0) is 4.79 Å². The first-order chi connectivity index (χ1) is 10.7. The van der Waals surface area contributed by atoms with E-state index in [4.69, 9.17) is 14.1 Å². The lowest BCUT2D eigenvalue weighted by Gasteiger charge is -2.18. The van der Waals surface area contributed by atoms with Gasteiger partial charge in [0.15, 0.2) is 6.61 Å². The molecule has 22 heavy (non-hydrogen) atoms. The van der Waals surface area contributed by atoms with Gasteiger partial charge in [-0.2, -0.15) is 0 Å². The van der Waals surface area contributed by atoms with Crippen LogP contribution in [0.5, 0.6) is 5.75 Å². The molecule has 0 saturated carbocycles. The Kier molecular flexibility index (Phi) is 2.97. The van der Waals surface area contributed by atoms with E-state index in [9.17, 15) is 4.79 Å². The highest BCUT2D eigenvalue weighted by Gasteiger charge is 2.18. The van der Waals surface area contributed by atoms with E-state index in [1.807, 2.05) is 31.2 Å². The fourth-order valence-corrected chi connectivity index (χ4v) is 3.33. The maximum absolute atomic E-state index is 11.4. The highest BCUT2D eigenvalue weighted by Crippen LogP contribution is 2.37. The van der Waals surface area contributed by atoms with Crippen LogP contribution in [0.2, 0.25) is 0 Å². The highest BCUT2D eigenvalue weighted by molar-refractivity contribution is 7.15. The Morgan fingerprint density at radius 2 is 2.18 bits per heavy atom. The van der Waals surface area contributed by atoms with Gasteiger partial charge < -0.3 is 14.5 Å². The maximum atomic E-state index is 11.4. The zero-order chi connectivity index (χ0) is 15.1. The monoisotopic (exact) mass is 312 g/mol. The van der Waals surface area contributed by atoms with E-state index >= 15 is 0 Å². The molecular weight excluding hydrogens is 300 g/mol. The summed E-state index contributed by atoms with van der Waals surface area (Å²) in [4.78, 5) is 17.2. The Bertz CT molecular complexity index is 852. The van der Waals surface area contributed by atoms with Crippen molar-refractivity contribution in [3.63, 3.8) is 0 Å². The van der Waals surface area contributed by atoms with Crippen molar-refractivity contribution in [1.29, 1.82) is 0 Å². The molecule has 3 heterocycles. The van der Waals surface area contributed by atoms with E-state index in [2.05, 4.69) is 5.32 Å². The zero-order valence-electron chi connectivity index (χ0n) is 11.8. The van der Waals surface area contributed by atoms with Crippen molar-refractivity contribution >= 4 is 22.9 Å². The second kappa shape index (κ2) is 4.99. The van der Waals surface area contributed by atoms with E-state index in [1.54, 1.807) is 23.9 Å². The van der Waals surface area contributed by atoms with Gasteiger partial charge in [0.2, 0.25) is 0 Å². The summed E-state index contributed by atoms with van der Waals surface area (Å²) in [6.07, 6.45) is 3.32. The molecule has 0 bridgehead atoms.